The van der Waals surface area contributed by atoms with Gasteiger partial charge in [-0.2, -0.15) is 0 Å². The molecule has 0 bridgehead atoms. The molecule has 1 aromatic carbocycles. The second-order valence-corrected chi connectivity index (χ2v) is 6.62. The van der Waals surface area contributed by atoms with E-state index in [9.17, 15) is 4.39 Å². The zero-order valence-electron chi connectivity index (χ0n) is 11.3. The molecule has 0 saturated carbocycles. The highest BCUT2D eigenvalue weighted by molar-refractivity contribution is 9.10. The summed E-state index contributed by atoms with van der Waals surface area (Å²) in [6.45, 7) is 9.69. The minimum Gasteiger partial charge on any atom is -0.399 e. The van der Waals surface area contributed by atoms with Crippen LogP contribution in [0.4, 0.5) is 4.39 Å². The number of rotatable bonds is 1. The Balaban J connectivity index is 2.42. The van der Waals surface area contributed by atoms with E-state index in [1.807, 2.05) is 40.7 Å². The third-order valence-corrected chi connectivity index (χ3v) is 4.25. The first-order valence-electron chi connectivity index (χ1n) is 5.95. The summed E-state index contributed by atoms with van der Waals surface area (Å²) in [7, 11) is -0.650. The smallest absolute Gasteiger partial charge is 0.399 e. The first-order chi connectivity index (χ1) is 8.14. The highest BCUT2D eigenvalue weighted by atomic mass is 79.9. The predicted molar refractivity (Wildman–Crippen MR) is 74.6 cm³/mol. The summed E-state index contributed by atoms with van der Waals surface area (Å²) < 4.78 is 26.5. The standard InChI is InChI=1S/C13H17BBrFO2/c1-8-6-9(15)7-10(16)11(8)14-17-12(2,3)13(4,5)18-14/h6-7H,1-5H3. The van der Waals surface area contributed by atoms with Crippen LogP contribution in [0.1, 0.15) is 33.3 Å². The average Bonchev–Trinajstić information content (AvgIpc) is 2.32. The van der Waals surface area contributed by atoms with E-state index >= 15 is 0 Å². The van der Waals surface area contributed by atoms with Gasteiger partial charge < -0.3 is 9.31 Å². The van der Waals surface area contributed by atoms with Crippen molar-refractivity contribution in [3.63, 3.8) is 0 Å². The van der Waals surface area contributed by atoms with Crippen LogP contribution in [-0.2, 0) is 9.31 Å². The van der Waals surface area contributed by atoms with Crippen LogP contribution in [-0.4, -0.2) is 18.3 Å². The Morgan fingerprint density at radius 2 is 1.61 bits per heavy atom. The second kappa shape index (κ2) is 4.32. The lowest BCUT2D eigenvalue weighted by atomic mass is 9.76. The molecule has 0 radical (unpaired) electrons. The van der Waals surface area contributed by atoms with Gasteiger partial charge in [0.2, 0.25) is 0 Å². The van der Waals surface area contributed by atoms with Crippen LogP contribution in [0, 0.1) is 12.7 Å². The number of halogens is 2. The van der Waals surface area contributed by atoms with E-state index in [1.54, 1.807) is 0 Å². The van der Waals surface area contributed by atoms with E-state index in [0.717, 1.165) is 10.0 Å². The van der Waals surface area contributed by atoms with Crippen LogP contribution < -0.4 is 5.46 Å². The topological polar surface area (TPSA) is 18.5 Å². The zero-order valence-corrected chi connectivity index (χ0v) is 12.9. The van der Waals surface area contributed by atoms with Crippen molar-refractivity contribution in [1.29, 1.82) is 0 Å². The third-order valence-electron chi connectivity index (χ3n) is 3.79. The molecule has 0 amide bonds. The number of hydrogen-bond acceptors (Lipinski definition) is 2. The first-order valence-corrected chi connectivity index (χ1v) is 6.74. The van der Waals surface area contributed by atoms with Gasteiger partial charge in [-0.25, -0.2) is 4.39 Å². The molecule has 5 heteroatoms. The summed E-state index contributed by atoms with van der Waals surface area (Å²) in [4.78, 5) is 0. The Morgan fingerprint density at radius 3 is 2.06 bits per heavy atom. The predicted octanol–water partition coefficient (Wildman–Crippen LogP) is 3.20. The lowest BCUT2D eigenvalue weighted by Crippen LogP contribution is -2.41. The van der Waals surface area contributed by atoms with Gasteiger partial charge in [0, 0.05) is 9.94 Å². The van der Waals surface area contributed by atoms with Crippen molar-refractivity contribution in [2.45, 2.75) is 45.8 Å². The number of hydrogen-bond donors (Lipinski definition) is 0. The van der Waals surface area contributed by atoms with Crippen molar-refractivity contribution in [2.24, 2.45) is 0 Å². The molecular formula is C13H17BBrFO2. The lowest BCUT2D eigenvalue weighted by molar-refractivity contribution is 0.00578. The monoisotopic (exact) mass is 314 g/mol. The van der Waals surface area contributed by atoms with E-state index in [4.69, 9.17) is 9.31 Å². The van der Waals surface area contributed by atoms with Crippen LogP contribution in [0.15, 0.2) is 16.6 Å². The third kappa shape index (κ3) is 2.24. The Bertz CT molecular complexity index is 449. The Hall–Kier alpha value is -0.385. The summed E-state index contributed by atoms with van der Waals surface area (Å²) in [5.41, 5.74) is 0.394. The van der Waals surface area contributed by atoms with Crippen molar-refractivity contribution in [2.75, 3.05) is 0 Å². The molecule has 1 aliphatic rings. The van der Waals surface area contributed by atoms with E-state index < -0.39 is 18.3 Å². The average molecular weight is 315 g/mol. The Morgan fingerprint density at radius 1 is 1.11 bits per heavy atom. The van der Waals surface area contributed by atoms with E-state index in [-0.39, 0.29) is 5.82 Å². The molecule has 0 unspecified atom stereocenters. The van der Waals surface area contributed by atoms with Gasteiger partial charge in [-0.05, 0) is 52.3 Å². The summed E-state index contributed by atoms with van der Waals surface area (Å²) in [6.07, 6.45) is 0. The maximum Gasteiger partial charge on any atom is 0.498 e. The van der Waals surface area contributed by atoms with Crippen molar-refractivity contribution < 1.29 is 13.7 Å². The molecule has 2 rings (SSSR count). The van der Waals surface area contributed by atoms with Gasteiger partial charge in [-0.1, -0.05) is 15.9 Å². The fraction of sp³-hybridized carbons (Fsp3) is 0.538. The van der Waals surface area contributed by atoms with Gasteiger partial charge in [-0.3, -0.25) is 0 Å². The molecule has 0 aromatic heterocycles. The van der Waals surface area contributed by atoms with Crippen LogP contribution in [0.2, 0.25) is 0 Å². The van der Waals surface area contributed by atoms with Crippen molar-refractivity contribution in [3.8, 4) is 0 Å². The van der Waals surface area contributed by atoms with Gasteiger partial charge in [0.15, 0.2) is 0 Å². The van der Waals surface area contributed by atoms with E-state index in [0.29, 0.717) is 5.46 Å². The van der Waals surface area contributed by atoms with E-state index in [1.165, 1.54) is 6.07 Å². The molecule has 1 fully saturated rings. The van der Waals surface area contributed by atoms with Gasteiger partial charge >= 0.3 is 7.12 Å². The number of aryl methyl sites for hydroxylation is 1. The van der Waals surface area contributed by atoms with Crippen LogP contribution in [0.3, 0.4) is 0 Å². The summed E-state index contributed by atoms with van der Waals surface area (Å²) >= 11 is 3.28. The molecular weight excluding hydrogens is 298 g/mol. The SMILES string of the molecule is Cc1cc(Br)cc(F)c1B1OC(C)(C)C(C)(C)O1. The Kier molecular flexibility index (Phi) is 3.37. The molecule has 98 valence electrons. The molecule has 2 nitrogen and oxygen atoms in total. The molecule has 0 N–H and O–H groups in total. The highest BCUT2D eigenvalue weighted by Crippen LogP contribution is 2.37. The minimum absolute atomic E-state index is 0.305. The van der Waals surface area contributed by atoms with Gasteiger partial charge in [0.05, 0.1) is 11.2 Å². The minimum atomic E-state index is -0.650. The molecule has 1 heterocycles. The highest BCUT2D eigenvalue weighted by Gasteiger charge is 2.52. The van der Waals surface area contributed by atoms with Crippen molar-refractivity contribution >= 4 is 28.5 Å². The molecule has 18 heavy (non-hydrogen) atoms. The number of benzene rings is 1. The largest absolute Gasteiger partial charge is 0.498 e. The summed E-state index contributed by atoms with van der Waals surface area (Å²) in [5, 5.41) is 0. The molecule has 0 aliphatic carbocycles. The first kappa shape index (κ1) is 14.0. The summed E-state index contributed by atoms with van der Waals surface area (Å²) in [5.74, 6) is -0.305. The van der Waals surface area contributed by atoms with Crippen LogP contribution in [0.5, 0.6) is 0 Å². The molecule has 0 spiro atoms. The lowest BCUT2D eigenvalue weighted by Gasteiger charge is -2.32. The summed E-state index contributed by atoms with van der Waals surface area (Å²) in [6, 6.07) is 3.30. The van der Waals surface area contributed by atoms with Crippen LogP contribution >= 0.6 is 15.9 Å². The van der Waals surface area contributed by atoms with Crippen molar-refractivity contribution in [3.05, 3.63) is 28.0 Å². The van der Waals surface area contributed by atoms with Gasteiger partial charge in [-0.15, -0.1) is 0 Å². The van der Waals surface area contributed by atoms with E-state index in [2.05, 4.69) is 15.9 Å². The second-order valence-electron chi connectivity index (χ2n) is 5.71. The fourth-order valence-corrected chi connectivity index (χ4v) is 2.52. The van der Waals surface area contributed by atoms with Gasteiger partial charge in [0.1, 0.15) is 5.82 Å². The maximum absolute atomic E-state index is 14.1. The molecule has 1 aromatic rings. The maximum atomic E-state index is 14.1. The molecule has 0 atom stereocenters. The van der Waals surface area contributed by atoms with Crippen LogP contribution in [0.25, 0.3) is 0 Å². The molecule has 1 saturated heterocycles. The Labute approximate surface area is 116 Å². The molecule has 1 aliphatic heterocycles. The quantitative estimate of drug-likeness (QED) is 0.741. The van der Waals surface area contributed by atoms with Gasteiger partial charge in [0.25, 0.3) is 0 Å². The zero-order chi connectivity index (χ0) is 13.7. The normalized spacial score (nSPS) is 21.4. The fourth-order valence-electron chi connectivity index (χ4n) is 1.97. The van der Waals surface area contributed by atoms with Crippen molar-refractivity contribution in [1.82, 2.24) is 0 Å².